The molecule has 3 aliphatic heterocycles. The molecule has 0 radical (unpaired) electrons. The number of hydrogen-bond acceptors (Lipinski definition) is 7. The van der Waals surface area contributed by atoms with Gasteiger partial charge in [0.05, 0.1) is 41.3 Å². The number of aliphatic hydroxyl groups is 1. The van der Waals surface area contributed by atoms with Gasteiger partial charge in [-0.1, -0.05) is 23.7 Å². The number of aromatic nitrogens is 5. The fourth-order valence-electron chi connectivity index (χ4n) is 5.15. The SMILES string of the molecule is O[C@@H]1CO[C@H]2[C@@H]1OC[C@H]2Oc1nc2nc(-c3ccc(-n4ncc5c4CBC5)cc3)c(Cl)cc2[nH]1. The average molecular weight is 478 g/mol. The van der Waals surface area contributed by atoms with E-state index < -0.39 is 6.10 Å². The molecule has 0 amide bonds. The summed E-state index contributed by atoms with van der Waals surface area (Å²) >= 11 is 6.59. The van der Waals surface area contributed by atoms with E-state index in [4.69, 9.17) is 25.8 Å². The number of ether oxygens (including phenoxy) is 3. The average Bonchev–Trinajstić information content (AvgIpc) is 3.63. The zero-order valence-corrected chi connectivity index (χ0v) is 18.9. The lowest BCUT2D eigenvalue weighted by molar-refractivity contribution is 0.00706. The minimum atomic E-state index is -0.627. The van der Waals surface area contributed by atoms with Crippen molar-refractivity contribution >= 4 is 30.0 Å². The first-order valence-corrected chi connectivity index (χ1v) is 11.8. The lowest BCUT2D eigenvalue weighted by Gasteiger charge is -2.15. The van der Waals surface area contributed by atoms with Gasteiger partial charge in [0.1, 0.15) is 25.6 Å². The Morgan fingerprint density at radius 3 is 2.85 bits per heavy atom. The van der Waals surface area contributed by atoms with Gasteiger partial charge >= 0.3 is 0 Å². The predicted octanol–water partition coefficient (Wildman–Crippen LogP) is 1.82. The van der Waals surface area contributed by atoms with Crippen molar-refractivity contribution in [3.8, 4) is 23.0 Å². The number of H-pyrrole nitrogens is 1. The van der Waals surface area contributed by atoms with Crippen molar-refractivity contribution in [2.24, 2.45) is 0 Å². The molecule has 34 heavy (non-hydrogen) atoms. The van der Waals surface area contributed by atoms with Crippen LogP contribution in [-0.4, -0.2) is 74.7 Å². The van der Waals surface area contributed by atoms with Crippen molar-refractivity contribution < 1.29 is 19.3 Å². The molecule has 2 fully saturated rings. The van der Waals surface area contributed by atoms with Crippen molar-refractivity contribution in [1.82, 2.24) is 24.7 Å². The Morgan fingerprint density at radius 1 is 1.12 bits per heavy atom. The zero-order valence-electron chi connectivity index (χ0n) is 18.1. The van der Waals surface area contributed by atoms with E-state index in [1.165, 1.54) is 18.5 Å². The van der Waals surface area contributed by atoms with Crippen LogP contribution in [0.15, 0.2) is 36.5 Å². The summed E-state index contributed by atoms with van der Waals surface area (Å²) in [5, 5.41) is 15.0. The summed E-state index contributed by atoms with van der Waals surface area (Å²) in [4.78, 5) is 12.3. The Labute approximate surface area is 200 Å². The lowest BCUT2D eigenvalue weighted by atomic mass is 9.76. The maximum Gasteiger partial charge on any atom is 0.296 e. The van der Waals surface area contributed by atoms with E-state index in [2.05, 4.69) is 20.1 Å². The minimum absolute atomic E-state index is 0.248. The third-order valence-electron chi connectivity index (χ3n) is 6.85. The second-order valence-electron chi connectivity index (χ2n) is 8.98. The van der Waals surface area contributed by atoms with Crippen LogP contribution < -0.4 is 4.74 Å². The molecular weight excluding hydrogens is 457 g/mol. The van der Waals surface area contributed by atoms with Gasteiger partial charge in [-0.25, -0.2) is 9.67 Å². The smallest absolute Gasteiger partial charge is 0.296 e. The topological polar surface area (TPSA) is 107 Å². The number of benzene rings is 1. The number of hydrogen-bond donors (Lipinski definition) is 2. The monoisotopic (exact) mass is 477 g/mol. The van der Waals surface area contributed by atoms with Gasteiger partial charge in [-0.15, -0.1) is 0 Å². The van der Waals surface area contributed by atoms with Crippen LogP contribution >= 0.6 is 11.6 Å². The Balaban J connectivity index is 1.15. The molecule has 1 aromatic carbocycles. The Morgan fingerprint density at radius 2 is 1.97 bits per heavy atom. The first-order chi connectivity index (χ1) is 16.6. The zero-order chi connectivity index (χ0) is 22.8. The number of aliphatic hydroxyl groups excluding tert-OH is 1. The van der Waals surface area contributed by atoms with Gasteiger partial charge in [-0.05, 0) is 36.4 Å². The van der Waals surface area contributed by atoms with Gasteiger partial charge < -0.3 is 24.3 Å². The molecule has 7 rings (SSSR count). The maximum absolute atomic E-state index is 9.92. The highest BCUT2D eigenvalue weighted by atomic mass is 35.5. The molecule has 0 aliphatic carbocycles. The number of aromatic amines is 1. The number of imidazole rings is 1. The van der Waals surface area contributed by atoms with Gasteiger partial charge in [-0.3, -0.25) is 0 Å². The molecule has 172 valence electrons. The van der Waals surface area contributed by atoms with Crippen LogP contribution in [0.3, 0.4) is 0 Å². The summed E-state index contributed by atoms with van der Waals surface area (Å²) in [5.74, 6) is 0. The number of fused-ring (bicyclic) bond motifs is 3. The largest absolute Gasteiger partial charge is 0.456 e. The maximum atomic E-state index is 9.92. The highest BCUT2D eigenvalue weighted by Gasteiger charge is 2.48. The predicted molar refractivity (Wildman–Crippen MR) is 126 cm³/mol. The van der Waals surface area contributed by atoms with E-state index in [0.29, 0.717) is 34.5 Å². The van der Waals surface area contributed by atoms with E-state index in [0.717, 1.165) is 23.9 Å². The summed E-state index contributed by atoms with van der Waals surface area (Å²) < 4.78 is 19.2. The van der Waals surface area contributed by atoms with Crippen molar-refractivity contribution in [2.75, 3.05) is 13.2 Å². The Bertz CT molecular complexity index is 1390. The molecule has 2 saturated heterocycles. The van der Waals surface area contributed by atoms with Crippen LogP contribution in [0.2, 0.25) is 5.02 Å². The van der Waals surface area contributed by atoms with E-state index >= 15 is 0 Å². The molecule has 11 heteroatoms. The van der Waals surface area contributed by atoms with Crippen LogP contribution in [0, 0.1) is 0 Å². The molecule has 4 atom stereocenters. The molecule has 9 nitrogen and oxygen atoms in total. The Hall–Kier alpha value is -2.92. The van der Waals surface area contributed by atoms with E-state index in [1.54, 1.807) is 6.07 Å². The molecule has 0 bridgehead atoms. The first kappa shape index (κ1) is 20.5. The van der Waals surface area contributed by atoms with E-state index in [-0.39, 0.29) is 24.9 Å². The summed E-state index contributed by atoms with van der Waals surface area (Å²) in [6, 6.07) is 10.2. The van der Waals surface area contributed by atoms with Crippen LogP contribution in [0.25, 0.3) is 28.1 Å². The molecule has 2 N–H and O–H groups in total. The molecular formula is C23H21BClN5O4. The van der Waals surface area contributed by atoms with Gasteiger partial charge in [0.25, 0.3) is 6.01 Å². The van der Waals surface area contributed by atoms with Gasteiger partial charge in [0, 0.05) is 11.3 Å². The quantitative estimate of drug-likeness (QED) is 0.432. The third kappa shape index (κ3) is 3.24. The number of halogens is 1. The number of rotatable bonds is 4. The summed E-state index contributed by atoms with van der Waals surface area (Å²) in [7, 11) is 1.18. The standard InChI is InChI=1S/C23H21BClN5O4/c25-14-5-15-22(29-23(27-15)34-18-10-33-20-17(31)9-32-21(18)20)28-19(14)11-1-3-13(4-2-11)30-16-7-24-6-12(16)8-26-30/h1-5,8,17-18,20-21,24,31H,6-7,9-10H2,(H,27,28,29)/t17-,18-,20-,21-/m1/s1. The second kappa shape index (κ2) is 7.81. The summed E-state index contributed by atoms with van der Waals surface area (Å²) in [6.07, 6.45) is 2.48. The van der Waals surface area contributed by atoms with Crippen molar-refractivity contribution in [2.45, 2.75) is 37.1 Å². The van der Waals surface area contributed by atoms with Gasteiger partial charge in [0.2, 0.25) is 0 Å². The lowest BCUT2D eigenvalue weighted by Crippen LogP contribution is -2.34. The minimum Gasteiger partial charge on any atom is -0.456 e. The fraction of sp³-hybridized carbons (Fsp3) is 0.348. The molecule has 0 unspecified atom stereocenters. The van der Waals surface area contributed by atoms with E-state index in [1.807, 2.05) is 35.1 Å². The number of nitrogens with one attached hydrogen (secondary N) is 1. The molecule has 0 spiro atoms. The first-order valence-electron chi connectivity index (χ1n) is 11.4. The molecule has 3 aliphatic rings. The molecule has 4 aromatic rings. The molecule has 6 heterocycles. The Kier molecular flexibility index (Phi) is 4.70. The molecule has 0 saturated carbocycles. The van der Waals surface area contributed by atoms with Gasteiger partial charge in [-0.2, -0.15) is 10.1 Å². The van der Waals surface area contributed by atoms with Crippen LogP contribution in [0.5, 0.6) is 6.01 Å². The summed E-state index contributed by atoms with van der Waals surface area (Å²) in [5.41, 5.74) is 6.38. The van der Waals surface area contributed by atoms with Crippen LogP contribution in [0.4, 0.5) is 0 Å². The van der Waals surface area contributed by atoms with E-state index in [9.17, 15) is 5.11 Å². The normalized spacial score (nSPS) is 25.5. The van der Waals surface area contributed by atoms with Crippen molar-refractivity contribution in [3.05, 3.63) is 52.8 Å². The highest BCUT2D eigenvalue weighted by molar-refractivity contribution is 6.36. The number of nitrogens with zero attached hydrogens (tertiary/aromatic N) is 4. The molecule has 3 aromatic heterocycles. The van der Waals surface area contributed by atoms with Crippen LogP contribution in [-0.2, 0) is 22.1 Å². The summed E-state index contributed by atoms with van der Waals surface area (Å²) in [6.45, 7) is 0.576. The van der Waals surface area contributed by atoms with Gasteiger partial charge in [0.15, 0.2) is 11.8 Å². The number of pyridine rings is 1. The highest BCUT2D eigenvalue weighted by Crippen LogP contribution is 2.32. The van der Waals surface area contributed by atoms with Crippen LogP contribution in [0.1, 0.15) is 11.3 Å². The third-order valence-corrected chi connectivity index (χ3v) is 7.14. The fourth-order valence-corrected chi connectivity index (χ4v) is 5.42. The van der Waals surface area contributed by atoms with Crippen molar-refractivity contribution in [3.63, 3.8) is 0 Å². The van der Waals surface area contributed by atoms with Crippen molar-refractivity contribution in [1.29, 1.82) is 0 Å². The second-order valence-corrected chi connectivity index (χ2v) is 9.39.